The molecule has 0 saturated heterocycles. The van der Waals surface area contributed by atoms with Gasteiger partial charge in [0.25, 0.3) is 0 Å². The number of carbonyl (C=O) groups excluding carboxylic acids is 2. The molecule has 16 heavy (non-hydrogen) atoms. The molecule has 0 aromatic rings. The molecular formula is C11H20N2O3. The Kier molecular flexibility index (Phi) is 4.73. The molecule has 1 unspecified atom stereocenters. The van der Waals surface area contributed by atoms with E-state index in [9.17, 15) is 9.59 Å². The molecule has 0 aromatic carbocycles. The van der Waals surface area contributed by atoms with Crippen molar-refractivity contribution < 1.29 is 14.7 Å². The second-order valence-electron chi connectivity index (χ2n) is 4.48. The first-order valence-electron chi connectivity index (χ1n) is 5.70. The minimum Gasteiger partial charge on any atom is -0.393 e. The van der Waals surface area contributed by atoms with Crippen LogP contribution in [0.2, 0.25) is 0 Å². The quantitative estimate of drug-likeness (QED) is 0.666. The van der Waals surface area contributed by atoms with Crippen LogP contribution in [0.1, 0.15) is 32.6 Å². The molecule has 2 N–H and O–H groups in total. The highest BCUT2D eigenvalue weighted by Gasteiger charge is 2.24. The summed E-state index contributed by atoms with van der Waals surface area (Å²) in [6, 6.07) is 0.327. The Morgan fingerprint density at radius 1 is 1.50 bits per heavy atom. The van der Waals surface area contributed by atoms with Crippen LogP contribution in [0.15, 0.2) is 0 Å². The van der Waals surface area contributed by atoms with Crippen molar-refractivity contribution in [2.75, 3.05) is 13.6 Å². The van der Waals surface area contributed by atoms with Crippen molar-refractivity contribution in [3.8, 4) is 0 Å². The summed E-state index contributed by atoms with van der Waals surface area (Å²) in [7, 11) is 1.61. The van der Waals surface area contributed by atoms with Crippen molar-refractivity contribution in [2.24, 2.45) is 0 Å². The third-order valence-electron chi connectivity index (χ3n) is 2.52. The fraction of sp³-hybridized carbons (Fsp3) is 0.818. The zero-order valence-corrected chi connectivity index (χ0v) is 9.90. The fourth-order valence-corrected chi connectivity index (χ4v) is 1.33. The summed E-state index contributed by atoms with van der Waals surface area (Å²) < 4.78 is 0. The molecule has 5 heteroatoms. The SMILES string of the molecule is CC(O)CCC(=O)N(C)CC(=O)NC1CC1. The standard InChI is InChI=1S/C11H20N2O3/c1-8(14)3-6-11(16)13(2)7-10(15)12-9-4-5-9/h8-9,14H,3-7H2,1-2H3,(H,12,15). The first-order valence-corrected chi connectivity index (χ1v) is 5.70. The second kappa shape index (κ2) is 5.84. The van der Waals surface area contributed by atoms with Crippen molar-refractivity contribution in [1.82, 2.24) is 10.2 Å². The molecule has 1 rings (SSSR count). The molecule has 0 bridgehead atoms. The number of likely N-dealkylation sites (N-methyl/N-ethyl adjacent to an activating group) is 1. The Morgan fingerprint density at radius 3 is 2.62 bits per heavy atom. The fourth-order valence-electron chi connectivity index (χ4n) is 1.33. The normalized spacial score (nSPS) is 16.7. The Bertz CT molecular complexity index is 262. The van der Waals surface area contributed by atoms with E-state index in [-0.39, 0.29) is 24.8 Å². The summed E-state index contributed by atoms with van der Waals surface area (Å²) in [4.78, 5) is 24.3. The molecule has 0 aromatic heterocycles. The van der Waals surface area contributed by atoms with Crippen LogP contribution in [0.4, 0.5) is 0 Å². The van der Waals surface area contributed by atoms with E-state index < -0.39 is 6.10 Å². The van der Waals surface area contributed by atoms with Gasteiger partial charge in [0.15, 0.2) is 0 Å². The van der Waals surface area contributed by atoms with Gasteiger partial charge in [-0.15, -0.1) is 0 Å². The minimum absolute atomic E-state index is 0.101. The zero-order valence-electron chi connectivity index (χ0n) is 9.90. The average molecular weight is 228 g/mol. The van der Waals surface area contributed by atoms with Gasteiger partial charge in [0.2, 0.25) is 11.8 Å². The van der Waals surface area contributed by atoms with E-state index in [0.717, 1.165) is 12.8 Å². The van der Waals surface area contributed by atoms with Crippen molar-refractivity contribution in [3.05, 3.63) is 0 Å². The van der Waals surface area contributed by atoms with Gasteiger partial charge in [-0.25, -0.2) is 0 Å². The van der Waals surface area contributed by atoms with Gasteiger partial charge in [0, 0.05) is 19.5 Å². The largest absolute Gasteiger partial charge is 0.393 e. The summed E-state index contributed by atoms with van der Waals surface area (Å²) in [5.41, 5.74) is 0. The molecule has 0 heterocycles. The number of nitrogens with one attached hydrogen (secondary N) is 1. The van der Waals surface area contributed by atoms with Gasteiger partial charge in [0.1, 0.15) is 0 Å². The van der Waals surface area contributed by atoms with Gasteiger partial charge in [-0.3, -0.25) is 9.59 Å². The number of rotatable bonds is 6. The third kappa shape index (κ3) is 5.11. The molecule has 1 fully saturated rings. The number of hydrogen-bond donors (Lipinski definition) is 2. The van der Waals surface area contributed by atoms with Gasteiger partial charge in [-0.1, -0.05) is 0 Å². The van der Waals surface area contributed by atoms with E-state index >= 15 is 0 Å². The van der Waals surface area contributed by atoms with Crippen LogP contribution in [0.5, 0.6) is 0 Å². The van der Waals surface area contributed by atoms with Gasteiger partial charge in [-0.2, -0.15) is 0 Å². The summed E-state index contributed by atoms with van der Waals surface area (Å²) in [5.74, 6) is -0.206. The highest BCUT2D eigenvalue weighted by molar-refractivity contribution is 5.84. The number of hydrogen-bond acceptors (Lipinski definition) is 3. The first-order chi connectivity index (χ1) is 7.49. The molecular weight excluding hydrogens is 208 g/mol. The Labute approximate surface area is 95.8 Å². The van der Waals surface area contributed by atoms with Crippen LogP contribution in [0, 0.1) is 0 Å². The lowest BCUT2D eigenvalue weighted by Gasteiger charge is -2.17. The highest BCUT2D eigenvalue weighted by Crippen LogP contribution is 2.18. The summed E-state index contributed by atoms with van der Waals surface area (Å²) >= 11 is 0. The molecule has 2 amide bonds. The lowest BCUT2D eigenvalue weighted by atomic mass is 10.2. The average Bonchev–Trinajstić information content (AvgIpc) is 2.97. The van der Waals surface area contributed by atoms with Crippen molar-refractivity contribution in [1.29, 1.82) is 0 Å². The summed E-state index contributed by atoms with van der Waals surface area (Å²) in [5, 5.41) is 11.9. The van der Waals surface area contributed by atoms with Crippen LogP contribution in [0.25, 0.3) is 0 Å². The van der Waals surface area contributed by atoms with Crippen LogP contribution < -0.4 is 5.32 Å². The number of aliphatic hydroxyl groups is 1. The van der Waals surface area contributed by atoms with E-state index in [0.29, 0.717) is 12.5 Å². The Balaban J connectivity index is 2.18. The second-order valence-corrected chi connectivity index (χ2v) is 4.48. The molecule has 1 saturated carbocycles. The van der Waals surface area contributed by atoms with Crippen LogP contribution in [-0.4, -0.2) is 47.6 Å². The van der Waals surface area contributed by atoms with E-state index in [1.807, 2.05) is 0 Å². The van der Waals surface area contributed by atoms with Crippen molar-refractivity contribution in [3.63, 3.8) is 0 Å². The molecule has 1 aliphatic carbocycles. The predicted molar refractivity (Wildman–Crippen MR) is 59.7 cm³/mol. The maximum absolute atomic E-state index is 11.5. The highest BCUT2D eigenvalue weighted by atomic mass is 16.3. The Hall–Kier alpha value is -1.10. The maximum Gasteiger partial charge on any atom is 0.239 e. The summed E-state index contributed by atoms with van der Waals surface area (Å²) in [6.07, 6.45) is 2.34. The molecule has 1 atom stereocenters. The van der Waals surface area contributed by atoms with E-state index in [1.165, 1.54) is 4.90 Å². The smallest absolute Gasteiger partial charge is 0.239 e. The van der Waals surface area contributed by atoms with E-state index in [1.54, 1.807) is 14.0 Å². The number of carbonyl (C=O) groups is 2. The van der Waals surface area contributed by atoms with Crippen molar-refractivity contribution in [2.45, 2.75) is 44.8 Å². The molecule has 0 aliphatic heterocycles. The number of aliphatic hydroxyl groups excluding tert-OH is 1. The molecule has 0 radical (unpaired) electrons. The first kappa shape index (κ1) is 13.0. The van der Waals surface area contributed by atoms with E-state index in [2.05, 4.69) is 5.32 Å². The van der Waals surface area contributed by atoms with Gasteiger partial charge in [0.05, 0.1) is 12.6 Å². The van der Waals surface area contributed by atoms with Gasteiger partial charge in [-0.05, 0) is 26.2 Å². The maximum atomic E-state index is 11.5. The number of amides is 2. The van der Waals surface area contributed by atoms with Crippen molar-refractivity contribution >= 4 is 11.8 Å². The van der Waals surface area contributed by atoms with Crippen LogP contribution in [0.3, 0.4) is 0 Å². The molecule has 92 valence electrons. The van der Waals surface area contributed by atoms with Crippen LogP contribution >= 0.6 is 0 Å². The predicted octanol–water partition coefficient (Wildman–Crippen LogP) is -0.116. The number of nitrogens with zero attached hydrogens (tertiary/aromatic N) is 1. The van der Waals surface area contributed by atoms with Gasteiger partial charge >= 0.3 is 0 Å². The lowest BCUT2D eigenvalue weighted by Crippen LogP contribution is -2.39. The molecule has 0 spiro atoms. The minimum atomic E-state index is -0.474. The Morgan fingerprint density at radius 2 is 2.12 bits per heavy atom. The molecule has 1 aliphatic rings. The van der Waals surface area contributed by atoms with E-state index in [4.69, 9.17) is 5.11 Å². The third-order valence-corrected chi connectivity index (χ3v) is 2.52. The molecule has 5 nitrogen and oxygen atoms in total. The van der Waals surface area contributed by atoms with Crippen LogP contribution in [-0.2, 0) is 9.59 Å². The monoisotopic (exact) mass is 228 g/mol. The summed E-state index contributed by atoms with van der Waals surface area (Å²) in [6.45, 7) is 1.75. The van der Waals surface area contributed by atoms with Gasteiger partial charge < -0.3 is 15.3 Å². The zero-order chi connectivity index (χ0) is 12.1. The topological polar surface area (TPSA) is 69.6 Å². The lowest BCUT2D eigenvalue weighted by molar-refractivity contribution is -0.135.